The molecule has 2 atom stereocenters. The van der Waals surface area contributed by atoms with Crippen LogP contribution in [0, 0.1) is 6.92 Å². The second-order valence-corrected chi connectivity index (χ2v) is 7.97. The number of hydrogen-bond donors (Lipinski definition) is 1. The number of oxazole rings is 1. The minimum Gasteiger partial charge on any atom is -0.493 e. The van der Waals surface area contributed by atoms with Crippen LogP contribution in [-0.2, 0) is 11.3 Å². The third-order valence-electron chi connectivity index (χ3n) is 5.91. The number of carbonyl (C=O) groups excluding carboxylic acids is 1. The van der Waals surface area contributed by atoms with Crippen molar-refractivity contribution in [2.45, 2.75) is 38.9 Å². The Hall–Kier alpha value is -3.58. The zero-order valence-electron chi connectivity index (χ0n) is 18.2. The van der Waals surface area contributed by atoms with Gasteiger partial charge in [-0.1, -0.05) is 42.5 Å². The van der Waals surface area contributed by atoms with Crippen LogP contribution in [0.2, 0.25) is 0 Å². The molecule has 0 aliphatic carbocycles. The van der Waals surface area contributed by atoms with E-state index in [1.807, 2.05) is 67.5 Å². The van der Waals surface area contributed by atoms with Gasteiger partial charge in [0.1, 0.15) is 23.2 Å². The molecule has 1 saturated heterocycles. The normalized spacial score (nSPS) is 20.0. The van der Waals surface area contributed by atoms with Gasteiger partial charge in [0, 0.05) is 12.4 Å². The molecule has 1 N–H and O–H groups in total. The molecule has 1 fully saturated rings. The van der Waals surface area contributed by atoms with Gasteiger partial charge < -0.3 is 19.1 Å². The van der Waals surface area contributed by atoms with Crippen molar-refractivity contribution in [2.75, 3.05) is 6.61 Å². The molecule has 32 heavy (non-hydrogen) atoms. The molecule has 0 bridgehead atoms. The maximum atomic E-state index is 13.2. The third-order valence-corrected chi connectivity index (χ3v) is 5.91. The van der Waals surface area contributed by atoms with Crippen molar-refractivity contribution in [3.8, 4) is 17.2 Å². The topological polar surface area (TPSA) is 70.8 Å². The SMILES string of the molecule is CCOc1ccccc1-c1nc(CN2C=CN3NC(c4ccccc4)CC3C2=O)c(C)o1. The second-order valence-electron chi connectivity index (χ2n) is 7.97. The number of para-hydroxylation sites is 1. The lowest BCUT2D eigenvalue weighted by Crippen LogP contribution is -2.47. The molecule has 2 unspecified atom stereocenters. The molecule has 0 saturated carbocycles. The van der Waals surface area contributed by atoms with Gasteiger partial charge in [-0.25, -0.2) is 10.4 Å². The molecule has 3 aromatic rings. The molecular formula is C25H26N4O3. The van der Waals surface area contributed by atoms with Crippen molar-refractivity contribution in [1.29, 1.82) is 0 Å². The van der Waals surface area contributed by atoms with E-state index in [4.69, 9.17) is 14.1 Å². The van der Waals surface area contributed by atoms with E-state index < -0.39 is 0 Å². The Morgan fingerprint density at radius 2 is 1.91 bits per heavy atom. The molecule has 5 rings (SSSR count). The van der Waals surface area contributed by atoms with E-state index in [-0.39, 0.29) is 18.0 Å². The van der Waals surface area contributed by atoms with Gasteiger partial charge in [-0.15, -0.1) is 0 Å². The van der Waals surface area contributed by atoms with Crippen LogP contribution in [0.15, 0.2) is 71.4 Å². The first kappa shape index (κ1) is 20.3. The quantitative estimate of drug-likeness (QED) is 0.633. The average Bonchev–Trinajstić information content (AvgIpc) is 3.41. The highest BCUT2D eigenvalue weighted by molar-refractivity contribution is 5.84. The summed E-state index contributed by atoms with van der Waals surface area (Å²) in [6.45, 7) is 4.75. The summed E-state index contributed by atoms with van der Waals surface area (Å²) in [5.41, 5.74) is 6.16. The summed E-state index contributed by atoms with van der Waals surface area (Å²) in [5.74, 6) is 1.98. The highest BCUT2D eigenvalue weighted by Gasteiger charge is 2.40. The van der Waals surface area contributed by atoms with Gasteiger partial charge in [0.05, 0.1) is 24.8 Å². The number of amides is 1. The zero-order chi connectivity index (χ0) is 22.1. The lowest BCUT2D eigenvalue weighted by atomic mass is 10.0. The number of nitrogens with one attached hydrogen (secondary N) is 1. The van der Waals surface area contributed by atoms with E-state index in [1.165, 1.54) is 5.56 Å². The number of aromatic nitrogens is 1. The Morgan fingerprint density at radius 3 is 2.72 bits per heavy atom. The van der Waals surface area contributed by atoms with E-state index in [9.17, 15) is 4.79 Å². The van der Waals surface area contributed by atoms with Crippen molar-refractivity contribution in [3.05, 3.63) is 84.0 Å². The number of hydrogen-bond acceptors (Lipinski definition) is 6. The third kappa shape index (κ3) is 3.76. The van der Waals surface area contributed by atoms with Gasteiger partial charge in [0.15, 0.2) is 0 Å². The highest BCUT2D eigenvalue weighted by Crippen LogP contribution is 2.33. The van der Waals surface area contributed by atoms with Gasteiger partial charge in [-0.2, -0.15) is 0 Å². The number of aryl methyl sites for hydroxylation is 1. The van der Waals surface area contributed by atoms with Crippen molar-refractivity contribution in [2.24, 2.45) is 0 Å². The summed E-state index contributed by atoms with van der Waals surface area (Å²) >= 11 is 0. The van der Waals surface area contributed by atoms with Crippen LogP contribution >= 0.6 is 0 Å². The van der Waals surface area contributed by atoms with Crippen LogP contribution in [0.5, 0.6) is 5.75 Å². The molecular weight excluding hydrogens is 404 g/mol. The summed E-state index contributed by atoms with van der Waals surface area (Å²) < 4.78 is 11.7. The number of benzene rings is 2. The molecule has 3 heterocycles. The monoisotopic (exact) mass is 430 g/mol. The number of rotatable bonds is 6. The van der Waals surface area contributed by atoms with Crippen LogP contribution in [-0.4, -0.2) is 33.4 Å². The fourth-order valence-corrected chi connectivity index (χ4v) is 4.25. The summed E-state index contributed by atoms with van der Waals surface area (Å²) in [6.07, 6.45) is 4.45. The fraction of sp³-hybridized carbons (Fsp3) is 0.280. The van der Waals surface area contributed by atoms with Gasteiger partial charge in [-0.3, -0.25) is 4.79 Å². The van der Waals surface area contributed by atoms with Crippen LogP contribution in [0.1, 0.15) is 36.4 Å². The van der Waals surface area contributed by atoms with Gasteiger partial charge in [-0.05, 0) is 38.0 Å². The Bertz CT molecular complexity index is 1140. The molecule has 7 nitrogen and oxygen atoms in total. The summed E-state index contributed by atoms with van der Waals surface area (Å²) in [7, 11) is 0. The van der Waals surface area contributed by atoms with E-state index >= 15 is 0 Å². The largest absolute Gasteiger partial charge is 0.493 e. The maximum absolute atomic E-state index is 13.2. The minimum atomic E-state index is -0.240. The Balaban J connectivity index is 1.33. The van der Waals surface area contributed by atoms with Gasteiger partial charge in [0.25, 0.3) is 5.91 Å². The van der Waals surface area contributed by atoms with Gasteiger partial charge in [0.2, 0.25) is 5.89 Å². The molecule has 7 heteroatoms. The summed E-state index contributed by atoms with van der Waals surface area (Å²) in [6, 6.07) is 17.8. The molecule has 0 radical (unpaired) electrons. The Kier molecular flexibility index (Phi) is 5.41. The summed E-state index contributed by atoms with van der Waals surface area (Å²) in [4.78, 5) is 19.6. The average molecular weight is 431 g/mol. The molecule has 0 spiro atoms. The first-order valence-corrected chi connectivity index (χ1v) is 10.9. The fourth-order valence-electron chi connectivity index (χ4n) is 4.25. The lowest BCUT2D eigenvalue weighted by molar-refractivity contribution is -0.135. The molecule has 1 amide bonds. The number of ether oxygens (including phenoxy) is 1. The lowest BCUT2D eigenvalue weighted by Gasteiger charge is -2.31. The Labute approximate surface area is 187 Å². The molecule has 1 aromatic heterocycles. The summed E-state index contributed by atoms with van der Waals surface area (Å²) in [5, 5.41) is 1.91. The van der Waals surface area contributed by atoms with Crippen molar-refractivity contribution in [3.63, 3.8) is 0 Å². The molecule has 164 valence electrons. The Morgan fingerprint density at radius 1 is 1.12 bits per heavy atom. The van der Waals surface area contributed by atoms with Crippen molar-refractivity contribution >= 4 is 5.91 Å². The van der Waals surface area contributed by atoms with Crippen LogP contribution < -0.4 is 10.2 Å². The van der Waals surface area contributed by atoms with E-state index in [2.05, 4.69) is 17.6 Å². The molecule has 2 aliphatic rings. The smallest absolute Gasteiger partial charge is 0.251 e. The van der Waals surface area contributed by atoms with Crippen molar-refractivity contribution < 1.29 is 13.9 Å². The minimum absolute atomic E-state index is 0.0529. The van der Waals surface area contributed by atoms with Crippen molar-refractivity contribution in [1.82, 2.24) is 20.3 Å². The highest BCUT2D eigenvalue weighted by atomic mass is 16.5. The van der Waals surface area contributed by atoms with E-state index in [1.54, 1.807) is 11.1 Å². The number of nitrogens with zero attached hydrogens (tertiary/aromatic N) is 3. The van der Waals surface area contributed by atoms with Crippen LogP contribution in [0.3, 0.4) is 0 Å². The second kappa shape index (κ2) is 8.51. The number of fused-ring (bicyclic) bond motifs is 1. The molecule has 2 aliphatic heterocycles. The maximum Gasteiger partial charge on any atom is 0.251 e. The van der Waals surface area contributed by atoms with Crippen LogP contribution in [0.4, 0.5) is 0 Å². The van der Waals surface area contributed by atoms with E-state index in [0.717, 1.165) is 17.0 Å². The predicted molar refractivity (Wildman–Crippen MR) is 120 cm³/mol. The molecule has 2 aromatic carbocycles. The van der Waals surface area contributed by atoms with E-state index in [0.29, 0.717) is 31.2 Å². The predicted octanol–water partition coefficient (Wildman–Crippen LogP) is 4.18. The van der Waals surface area contributed by atoms with Gasteiger partial charge >= 0.3 is 0 Å². The number of carbonyl (C=O) groups is 1. The number of hydrazine groups is 1. The first-order valence-electron chi connectivity index (χ1n) is 10.9. The standard InChI is InChI=1S/C25H26N4O3/c1-3-31-23-12-8-7-11-19(23)24-26-21(17(2)32-24)16-28-13-14-29-22(25(28)30)15-20(27-29)18-9-5-4-6-10-18/h4-14,20,22,27H,3,15-16H2,1-2H3. The first-order chi connectivity index (χ1) is 15.6. The van der Waals surface area contributed by atoms with Crippen LogP contribution in [0.25, 0.3) is 11.5 Å². The zero-order valence-corrected chi connectivity index (χ0v) is 18.2.